The van der Waals surface area contributed by atoms with Crippen molar-refractivity contribution in [1.29, 1.82) is 0 Å². The van der Waals surface area contributed by atoms with Crippen LogP contribution in [0.15, 0.2) is 35.3 Å². The lowest BCUT2D eigenvalue weighted by Gasteiger charge is -2.30. The molecule has 2 amide bonds. The maximum Gasteiger partial charge on any atom is 0.435 e. The summed E-state index contributed by atoms with van der Waals surface area (Å²) in [5.74, 6) is -1.24. The molecule has 1 aliphatic rings. The third kappa shape index (κ3) is 4.55. The number of amidine groups is 1. The minimum absolute atomic E-state index is 0.363. The van der Waals surface area contributed by atoms with Gasteiger partial charge in [-0.05, 0) is 33.3 Å². The van der Waals surface area contributed by atoms with Gasteiger partial charge in [-0.15, -0.1) is 0 Å². The van der Waals surface area contributed by atoms with Gasteiger partial charge in [0.2, 0.25) is 5.84 Å². The molecule has 146 valence electrons. The Bertz CT molecular complexity index is 732. The molecule has 0 N–H and O–H groups in total. The first-order valence-corrected chi connectivity index (χ1v) is 8.47. The Morgan fingerprint density at radius 1 is 0.963 bits per heavy atom. The van der Waals surface area contributed by atoms with Gasteiger partial charge in [0, 0.05) is 0 Å². The van der Waals surface area contributed by atoms with Gasteiger partial charge in [-0.2, -0.15) is 10.0 Å². The van der Waals surface area contributed by atoms with Gasteiger partial charge < -0.3 is 14.2 Å². The predicted molar refractivity (Wildman–Crippen MR) is 95.5 cm³/mol. The fourth-order valence-electron chi connectivity index (χ4n) is 2.37. The third-order valence-corrected chi connectivity index (χ3v) is 3.39. The maximum absolute atomic E-state index is 12.7. The Hall–Kier alpha value is -3.10. The molecule has 0 aliphatic carbocycles. The SMILES string of the molecule is COC(=O)C1=NC(c2ccccc2)N(C(=O)OC(C)C)N1C(=O)OC(C)C. The lowest BCUT2D eigenvalue weighted by atomic mass is 10.2. The molecule has 0 aromatic heterocycles. The molecule has 1 aromatic rings. The number of hydrazine groups is 1. The van der Waals surface area contributed by atoms with E-state index in [2.05, 4.69) is 4.99 Å². The number of methoxy groups -OCH3 is 1. The number of hydrogen-bond donors (Lipinski definition) is 0. The largest absolute Gasteiger partial charge is 0.463 e. The topological polar surface area (TPSA) is 97.7 Å². The molecule has 1 heterocycles. The standard InChI is InChI=1S/C18H23N3O6/c1-11(2)26-17(23)20-14(13-9-7-6-8-10-13)19-15(16(22)25-5)21(20)18(24)27-12(3)4/h6-12,14H,1-5H3. The van der Waals surface area contributed by atoms with Crippen molar-refractivity contribution in [1.82, 2.24) is 10.0 Å². The number of hydrogen-bond acceptors (Lipinski definition) is 7. The average Bonchev–Trinajstić information content (AvgIpc) is 3.01. The summed E-state index contributed by atoms with van der Waals surface area (Å²) < 4.78 is 15.1. The van der Waals surface area contributed by atoms with Crippen LogP contribution in [0.1, 0.15) is 39.4 Å². The number of amides is 2. The molecule has 1 aliphatic heterocycles. The van der Waals surface area contributed by atoms with Gasteiger partial charge in [0.1, 0.15) is 0 Å². The van der Waals surface area contributed by atoms with E-state index in [0.29, 0.717) is 5.56 Å². The molecule has 0 fully saturated rings. The van der Waals surface area contributed by atoms with Gasteiger partial charge in [-0.3, -0.25) is 0 Å². The van der Waals surface area contributed by atoms with Crippen LogP contribution in [-0.4, -0.2) is 53.3 Å². The summed E-state index contributed by atoms with van der Waals surface area (Å²) in [7, 11) is 1.16. The minimum atomic E-state index is -0.980. The van der Waals surface area contributed by atoms with E-state index in [1.165, 1.54) is 0 Å². The predicted octanol–water partition coefficient (Wildman–Crippen LogP) is 2.88. The van der Waals surface area contributed by atoms with Crippen molar-refractivity contribution in [3.63, 3.8) is 0 Å². The number of benzene rings is 1. The quantitative estimate of drug-likeness (QED) is 0.591. The van der Waals surface area contributed by atoms with Gasteiger partial charge in [0.15, 0.2) is 6.17 Å². The normalized spacial score (nSPS) is 16.4. The molecule has 0 bridgehead atoms. The van der Waals surface area contributed by atoms with Crippen LogP contribution < -0.4 is 0 Å². The van der Waals surface area contributed by atoms with Gasteiger partial charge in [-0.25, -0.2) is 19.4 Å². The van der Waals surface area contributed by atoms with E-state index in [1.807, 2.05) is 0 Å². The Kier molecular flexibility index (Phi) is 6.38. The van der Waals surface area contributed by atoms with Crippen molar-refractivity contribution < 1.29 is 28.6 Å². The molecular formula is C18H23N3O6. The lowest BCUT2D eigenvalue weighted by molar-refractivity contribution is -0.134. The van der Waals surface area contributed by atoms with E-state index in [1.54, 1.807) is 58.0 Å². The second-order valence-electron chi connectivity index (χ2n) is 6.25. The molecule has 0 saturated carbocycles. The van der Waals surface area contributed by atoms with E-state index in [9.17, 15) is 14.4 Å². The molecule has 1 aromatic carbocycles. The molecule has 9 heteroatoms. The monoisotopic (exact) mass is 377 g/mol. The summed E-state index contributed by atoms with van der Waals surface area (Å²) >= 11 is 0. The van der Waals surface area contributed by atoms with E-state index in [4.69, 9.17) is 14.2 Å². The number of rotatable bonds is 4. The summed E-state index contributed by atoms with van der Waals surface area (Å²) in [6, 6.07) is 8.74. The number of aliphatic imine (C=N–C) groups is 1. The number of nitrogens with zero attached hydrogens (tertiary/aromatic N) is 3. The minimum Gasteiger partial charge on any atom is -0.463 e. The second-order valence-corrected chi connectivity index (χ2v) is 6.25. The van der Waals surface area contributed by atoms with E-state index < -0.39 is 36.5 Å². The van der Waals surface area contributed by atoms with E-state index in [0.717, 1.165) is 17.1 Å². The van der Waals surface area contributed by atoms with Crippen molar-refractivity contribution in [3.05, 3.63) is 35.9 Å². The highest BCUT2D eigenvalue weighted by Gasteiger charge is 2.47. The molecule has 2 rings (SSSR count). The summed E-state index contributed by atoms with van der Waals surface area (Å²) in [5, 5.41) is 1.71. The zero-order valence-corrected chi connectivity index (χ0v) is 15.9. The Labute approximate surface area is 157 Å². The second kappa shape index (κ2) is 8.52. The highest BCUT2D eigenvalue weighted by Crippen LogP contribution is 2.32. The Morgan fingerprint density at radius 2 is 1.52 bits per heavy atom. The van der Waals surface area contributed by atoms with Crippen LogP contribution in [0.5, 0.6) is 0 Å². The van der Waals surface area contributed by atoms with Crippen LogP contribution in [-0.2, 0) is 19.0 Å². The van der Waals surface area contributed by atoms with Crippen LogP contribution in [0.2, 0.25) is 0 Å². The Morgan fingerprint density at radius 3 is 2.04 bits per heavy atom. The van der Waals surface area contributed by atoms with Crippen LogP contribution in [0.25, 0.3) is 0 Å². The molecule has 1 unspecified atom stereocenters. The van der Waals surface area contributed by atoms with Crippen LogP contribution in [0.4, 0.5) is 9.59 Å². The van der Waals surface area contributed by atoms with Crippen molar-refractivity contribution in [3.8, 4) is 0 Å². The van der Waals surface area contributed by atoms with Crippen LogP contribution in [0.3, 0.4) is 0 Å². The maximum atomic E-state index is 12.7. The van der Waals surface area contributed by atoms with Gasteiger partial charge in [0.25, 0.3) is 0 Å². The highest BCUT2D eigenvalue weighted by atomic mass is 16.6. The Balaban J connectivity index is 2.53. The fraction of sp³-hybridized carbons (Fsp3) is 0.444. The van der Waals surface area contributed by atoms with Crippen molar-refractivity contribution in [2.45, 2.75) is 46.1 Å². The average molecular weight is 377 g/mol. The van der Waals surface area contributed by atoms with Crippen molar-refractivity contribution in [2.75, 3.05) is 7.11 Å². The van der Waals surface area contributed by atoms with Crippen molar-refractivity contribution >= 4 is 24.0 Å². The van der Waals surface area contributed by atoms with Gasteiger partial charge in [0.05, 0.1) is 19.3 Å². The molecule has 0 saturated heterocycles. The molecule has 1 atom stereocenters. The highest BCUT2D eigenvalue weighted by molar-refractivity contribution is 6.38. The number of carbonyl (C=O) groups excluding carboxylic acids is 3. The first-order chi connectivity index (χ1) is 12.8. The van der Waals surface area contributed by atoms with Gasteiger partial charge in [-0.1, -0.05) is 30.3 Å². The summed E-state index contributed by atoms with van der Waals surface area (Å²) in [6.45, 7) is 6.64. The zero-order chi connectivity index (χ0) is 20.1. The van der Waals surface area contributed by atoms with Crippen LogP contribution in [0, 0.1) is 0 Å². The van der Waals surface area contributed by atoms with E-state index >= 15 is 0 Å². The lowest BCUT2D eigenvalue weighted by Crippen LogP contribution is -2.52. The summed E-state index contributed by atoms with van der Waals surface area (Å²) in [4.78, 5) is 41.8. The molecule has 9 nitrogen and oxygen atoms in total. The molecule has 27 heavy (non-hydrogen) atoms. The number of ether oxygens (including phenoxy) is 3. The van der Waals surface area contributed by atoms with Crippen LogP contribution >= 0.6 is 0 Å². The first kappa shape index (κ1) is 20.2. The third-order valence-electron chi connectivity index (χ3n) is 3.39. The summed E-state index contributed by atoms with van der Waals surface area (Å²) in [6.07, 6.45) is -3.68. The molecular weight excluding hydrogens is 354 g/mol. The molecule has 0 radical (unpaired) electrons. The smallest absolute Gasteiger partial charge is 0.435 e. The number of esters is 1. The fourth-order valence-corrected chi connectivity index (χ4v) is 2.37. The first-order valence-electron chi connectivity index (χ1n) is 8.47. The van der Waals surface area contributed by atoms with Crippen molar-refractivity contribution in [2.24, 2.45) is 4.99 Å². The summed E-state index contributed by atoms with van der Waals surface area (Å²) in [5.41, 5.74) is 0.583. The zero-order valence-electron chi connectivity index (χ0n) is 15.9. The number of carbonyl (C=O) groups is 3. The molecule has 0 spiro atoms. The van der Waals surface area contributed by atoms with E-state index in [-0.39, 0.29) is 5.84 Å². The van der Waals surface area contributed by atoms with Gasteiger partial charge >= 0.3 is 18.2 Å².